The SMILES string of the molecule is Fc1ccc2c(c1Br)Cc1ccccc1-2. The van der Waals surface area contributed by atoms with Gasteiger partial charge in [0.2, 0.25) is 0 Å². The van der Waals surface area contributed by atoms with E-state index < -0.39 is 0 Å². The highest BCUT2D eigenvalue weighted by molar-refractivity contribution is 9.10. The summed E-state index contributed by atoms with van der Waals surface area (Å²) in [4.78, 5) is 0. The first-order chi connectivity index (χ1) is 7.27. The molecular weight excluding hydrogens is 255 g/mol. The first kappa shape index (κ1) is 9.10. The van der Waals surface area contributed by atoms with E-state index in [2.05, 4.69) is 28.1 Å². The van der Waals surface area contributed by atoms with Crippen LogP contribution < -0.4 is 0 Å². The van der Waals surface area contributed by atoms with Gasteiger partial charge in [0.05, 0.1) is 4.47 Å². The largest absolute Gasteiger partial charge is 0.206 e. The van der Waals surface area contributed by atoms with Crippen LogP contribution in [0.25, 0.3) is 11.1 Å². The Kier molecular flexibility index (Phi) is 1.93. The Balaban J connectivity index is 2.31. The summed E-state index contributed by atoms with van der Waals surface area (Å²) in [6, 6.07) is 11.6. The fourth-order valence-electron chi connectivity index (χ4n) is 2.15. The van der Waals surface area contributed by atoms with Crippen molar-refractivity contribution in [1.29, 1.82) is 0 Å². The van der Waals surface area contributed by atoms with E-state index >= 15 is 0 Å². The first-order valence-corrected chi connectivity index (χ1v) is 5.62. The van der Waals surface area contributed by atoms with Crippen LogP contribution in [-0.4, -0.2) is 0 Å². The maximum atomic E-state index is 13.4. The molecule has 0 aromatic heterocycles. The maximum absolute atomic E-state index is 13.4. The van der Waals surface area contributed by atoms with E-state index in [1.54, 1.807) is 0 Å². The normalized spacial score (nSPS) is 12.4. The van der Waals surface area contributed by atoms with Crippen molar-refractivity contribution < 1.29 is 4.39 Å². The molecule has 0 radical (unpaired) electrons. The Labute approximate surface area is 95.9 Å². The fraction of sp³-hybridized carbons (Fsp3) is 0.0769. The summed E-state index contributed by atoms with van der Waals surface area (Å²) in [7, 11) is 0. The van der Waals surface area contributed by atoms with Crippen molar-refractivity contribution in [2.45, 2.75) is 6.42 Å². The summed E-state index contributed by atoms with van der Waals surface area (Å²) in [5, 5.41) is 0. The van der Waals surface area contributed by atoms with Gasteiger partial charge < -0.3 is 0 Å². The van der Waals surface area contributed by atoms with Gasteiger partial charge in [-0.1, -0.05) is 30.3 Å². The second-order valence-corrected chi connectivity index (χ2v) is 4.51. The lowest BCUT2D eigenvalue weighted by molar-refractivity contribution is 0.619. The van der Waals surface area contributed by atoms with Crippen LogP contribution in [0.3, 0.4) is 0 Å². The van der Waals surface area contributed by atoms with Gasteiger partial charge in [-0.3, -0.25) is 0 Å². The molecule has 0 heterocycles. The van der Waals surface area contributed by atoms with Crippen LogP contribution in [0.5, 0.6) is 0 Å². The zero-order valence-corrected chi connectivity index (χ0v) is 9.51. The molecule has 0 spiro atoms. The Morgan fingerprint density at radius 2 is 1.80 bits per heavy atom. The first-order valence-electron chi connectivity index (χ1n) is 4.82. The van der Waals surface area contributed by atoms with Crippen molar-refractivity contribution in [2.75, 3.05) is 0 Å². The zero-order chi connectivity index (χ0) is 10.4. The van der Waals surface area contributed by atoms with Gasteiger partial charge in [-0.15, -0.1) is 0 Å². The molecule has 0 saturated carbocycles. The van der Waals surface area contributed by atoms with Crippen LogP contribution in [0, 0.1) is 5.82 Å². The van der Waals surface area contributed by atoms with Gasteiger partial charge in [0.1, 0.15) is 5.82 Å². The smallest absolute Gasteiger partial charge is 0.137 e. The highest BCUT2D eigenvalue weighted by Gasteiger charge is 2.21. The molecule has 1 aliphatic carbocycles. The van der Waals surface area contributed by atoms with E-state index in [4.69, 9.17) is 0 Å². The monoisotopic (exact) mass is 262 g/mol. The maximum Gasteiger partial charge on any atom is 0.137 e. The third kappa shape index (κ3) is 1.25. The Bertz CT molecular complexity index is 546. The third-order valence-corrected chi connectivity index (χ3v) is 3.73. The average molecular weight is 263 g/mol. The summed E-state index contributed by atoms with van der Waals surface area (Å²) < 4.78 is 14.0. The van der Waals surface area contributed by atoms with Gasteiger partial charge in [0.15, 0.2) is 0 Å². The van der Waals surface area contributed by atoms with Gasteiger partial charge in [-0.05, 0) is 50.7 Å². The number of hydrogen-bond acceptors (Lipinski definition) is 0. The summed E-state index contributed by atoms with van der Waals surface area (Å²) >= 11 is 3.32. The molecule has 0 N–H and O–H groups in total. The van der Waals surface area contributed by atoms with E-state index in [0.717, 1.165) is 17.5 Å². The molecule has 0 nitrogen and oxygen atoms in total. The van der Waals surface area contributed by atoms with Crippen molar-refractivity contribution in [2.24, 2.45) is 0 Å². The van der Waals surface area contributed by atoms with Crippen molar-refractivity contribution in [3.63, 3.8) is 0 Å². The molecule has 0 amide bonds. The Hall–Kier alpha value is -1.15. The number of rotatable bonds is 0. The molecule has 0 fully saturated rings. The molecule has 2 aromatic rings. The van der Waals surface area contributed by atoms with E-state index in [1.807, 2.05) is 18.2 Å². The Morgan fingerprint density at radius 3 is 2.67 bits per heavy atom. The number of halogens is 2. The van der Waals surface area contributed by atoms with Crippen LogP contribution in [0.15, 0.2) is 40.9 Å². The molecule has 2 aromatic carbocycles. The van der Waals surface area contributed by atoms with E-state index in [0.29, 0.717) is 4.47 Å². The van der Waals surface area contributed by atoms with Crippen LogP contribution in [0.4, 0.5) is 4.39 Å². The molecule has 1 aliphatic rings. The van der Waals surface area contributed by atoms with E-state index in [1.165, 1.54) is 17.2 Å². The van der Waals surface area contributed by atoms with Gasteiger partial charge in [-0.25, -0.2) is 4.39 Å². The molecule has 0 aliphatic heterocycles. The summed E-state index contributed by atoms with van der Waals surface area (Å²) in [5.74, 6) is -0.179. The lowest BCUT2D eigenvalue weighted by atomic mass is 10.1. The quantitative estimate of drug-likeness (QED) is 0.571. The van der Waals surface area contributed by atoms with E-state index in [-0.39, 0.29) is 5.82 Å². The van der Waals surface area contributed by atoms with Crippen LogP contribution in [-0.2, 0) is 6.42 Å². The minimum atomic E-state index is -0.179. The number of fused-ring (bicyclic) bond motifs is 3. The Morgan fingerprint density at radius 1 is 1.00 bits per heavy atom. The molecule has 15 heavy (non-hydrogen) atoms. The summed E-state index contributed by atoms with van der Waals surface area (Å²) in [6.45, 7) is 0. The highest BCUT2D eigenvalue weighted by Crippen LogP contribution is 2.40. The van der Waals surface area contributed by atoms with E-state index in [9.17, 15) is 4.39 Å². The predicted octanol–water partition coefficient (Wildman–Crippen LogP) is 4.16. The van der Waals surface area contributed by atoms with Crippen molar-refractivity contribution >= 4 is 15.9 Å². The predicted molar refractivity (Wildman–Crippen MR) is 62.3 cm³/mol. The van der Waals surface area contributed by atoms with Gasteiger partial charge in [-0.2, -0.15) is 0 Å². The molecule has 3 rings (SSSR count). The molecule has 74 valence electrons. The van der Waals surface area contributed by atoms with Gasteiger partial charge in [0.25, 0.3) is 0 Å². The lowest BCUT2D eigenvalue weighted by Crippen LogP contribution is -1.86. The standard InChI is InChI=1S/C13H8BrF/c14-13-11-7-8-3-1-2-4-9(8)10(11)5-6-12(13)15/h1-6H,7H2. The number of hydrogen-bond donors (Lipinski definition) is 0. The summed E-state index contributed by atoms with van der Waals surface area (Å²) in [5.41, 5.74) is 4.72. The van der Waals surface area contributed by atoms with Crippen LogP contribution in [0.1, 0.15) is 11.1 Å². The number of benzene rings is 2. The fourth-order valence-corrected chi connectivity index (χ4v) is 2.63. The highest BCUT2D eigenvalue weighted by atomic mass is 79.9. The molecule has 0 atom stereocenters. The van der Waals surface area contributed by atoms with Crippen molar-refractivity contribution in [1.82, 2.24) is 0 Å². The minimum Gasteiger partial charge on any atom is -0.206 e. The molecule has 2 heteroatoms. The third-order valence-electron chi connectivity index (χ3n) is 2.87. The molecular formula is C13H8BrF. The van der Waals surface area contributed by atoms with Crippen molar-refractivity contribution in [3.8, 4) is 11.1 Å². The topological polar surface area (TPSA) is 0 Å². The average Bonchev–Trinajstić information content (AvgIpc) is 2.63. The van der Waals surface area contributed by atoms with Crippen LogP contribution in [0.2, 0.25) is 0 Å². The second-order valence-electron chi connectivity index (χ2n) is 3.72. The zero-order valence-electron chi connectivity index (χ0n) is 7.93. The lowest BCUT2D eigenvalue weighted by Gasteiger charge is -2.03. The molecule has 0 unspecified atom stereocenters. The van der Waals surface area contributed by atoms with Gasteiger partial charge in [0, 0.05) is 0 Å². The van der Waals surface area contributed by atoms with Crippen LogP contribution >= 0.6 is 15.9 Å². The second kappa shape index (κ2) is 3.17. The van der Waals surface area contributed by atoms with Gasteiger partial charge >= 0.3 is 0 Å². The summed E-state index contributed by atoms with van der Waals surface area (Å²) in [6.07, 6.45) is 0.823. The van der Waals surface area contributed by atoms with Crippen molar-refractivity contribution in [3.05, 3.63) is 57.8 Å². The molecule has 0 bridgehead atoms. The minimum absolute atomic E-state index is 0.179. The molecule has 0 saturated heterocycles.